The summed E-state index contributed by atoms with van der Waals surface area (Å²) in [4.78, 5) is 7.56. The predicted molar refractivity (Wildman–Crippen MR) is 70.0 cm³/mol. The molecule has 4 heteroatoms. The first-order valence-electron chi connectivity index (χ1n) is 6.67. The summed E-state index contributed by atoms with van der Waals surface area (Å²) >= 11 is 0. The second kappa shape index (κ2) is 5.06. The molecule has 2 N–H and O–H groups in total. The first-order chi connectivity index (χ1) is 8.83. The van der Waals surface area contributed by atoms with E-state index in [1.165, 1.54) is 18.9 Å². The van der Waals surface area contributed by atoms with Crippen LogP contribution in [0.25, 0.3) is 11.0 Å². The quantitative estimate of drug-likeness (QED) is 0.875. The zero-order valence-electron chi connectivity index (χ0n) is 10.4. The van der Waals surface area contributed by atoms with Crippen LogP contribution in [0.15, 0.2) is 18.2 Å². The van der Waals surface area contributed by atoms with Gasteiger partial charge in [-0.15, -0.1) is 0 Å². The van der Waals surface area contributed by atoms with Crippen molar-refractivity contribution in [1.82, 2.24) is 15.3 Å². The minimum atomic E-state index is -0.239. The third kappa shape index (κ3) is 2.38. The number of nitrogens with one attached hydrogen (secondary N) is 2. The topological polar surface area (TPSA) is 40.7 Å². The van der Waals surface area contributed by atoms with Gasteiger partial charge in [-0.3, -0.25) is 0 Å². The minimum absolute atomic E-state index is 0.239. The van der Waals surface area contributed by atoms with Crippen LogP contribution in [0.3, 0.4) is 0 Å². The second-order valence-corrected chi connectivity index (χ2v) is 5.05. The second-order valence-electron chi connectivity index (χ2n) is 5.05. The maximum absolute atomic E-state index is 13.5. The van der Waals surface area contributed by atoms with Crippen molar-refractivity contribution in [3.05, 3.63) is 29.8 Å². The number of H-pyrrole nitrogens is 1. The number of hydrogen-bond donors (Lipinski definition) is 2. The Morgan fingerprint density at radius 1 is 1.28 bits per heavy atom. The Morgan fingerprint density at radius 2 is 2.11 bits per heavy atom. The molecule has 0 bridgehead atoms. The highest BCUT2D eigenvalue weighted by Gasteiger charge is 2.14. The molecule has 0 spiro atoms. The molecule has 3 rings (SSSR count). The van der Waals surface area contributed by atoms with E-state index in [-0.39, 0.29) is 5.82 Å². The van der Waals surface area contributed by atoms with Crippen LogP contribution in [0.2, 0.25) is 0 Å². The lowest BCUT2D eigenvalue weighted by Crippen LogP contribution is -2.27. The van der Waals surface area contributed by atoms with Crippen molar-refractivity contribution in [1.29, 1.82) is 0 Å². The van der Waals surface area contributed by atoms with E-state index in [0.29, 0.717) is 5.52 Å². The van der Waals surface area contributed by atoms with Crippen molar-refractivity contribution in [2.24, 2.45) is 5.92 Å². The summed E-state index contributed by atoms with van der Waals surface area (Å²) in [7, 11) is 0. The molecule has 0 saturated carbocycles. The van der Waals surface area contributed by atoms with Crippen molar-refractivity contribution in [3.8, 4) is 0 Å². The molecule has 0 aliphatic carbocycles. The molecule has 1 saturated heterocycles. The zero-order valence-corrected chi connectivity index (χ0v) is 10.4. The van der Waals surface area contributed by atoms with Gasteiger partial charge in [-0.2, -0.15) is 0 Å². The number of imidazole rings is 1. The van der Waals surface area contributed by atoms with E-state index in [0.717, 1.165) is 43.2 Å². The summed E-state index contributed by atoms with van der Waals surface area (Å²) < 4.78 is 13.5. The SMILES string of the molecule is Fc1cccc2[nH]c(CCC3CCNCC3)nc12. The Labute approximate surface area is 106 Å². The molecule has 0 unspecified atom stereocenters. The van der Waals surface area contributed by atoms with E-state index in [9.17, 15) is 4.39 Å². The molecular formula is C14H18FN3. The summed E-state index contributed by atoms with van der Waals surface area (Å²) in [6, 6.07) is 5.05. The lowest BCUT2D eigenvalue weighted by Gasteiger charge is -2.21. The van der Waals surface area contributed by atoms with E-state index >= 15 is 0 Å². The van der Waals surface area contributed by atoms with Crippen molar-refractivity contribution < 1.29 is 4.39 Å². The summed E-state index contributed by atoms with van der Waals surface area (Å²) in [5, 5.41) is 3.37. The van der Waals surface area contributed by atoms with Gasteiger partial charge >= 0.3 is 0 Å². The Balaban J connectivity index is 1.69. The van der Waals surface area contributed by atoms with Gasteiger partial charge in [0.15, 0.2) is 5.82 Å². The standard InChI is InChI=1S/C14H18FN3/c15-11-2-1-3-12-14(11)18-13(17-12)5-4-10-6-8-16-9-7-10/h1-3,10,16H,4-9H2,(H,17,18). The van der Waals surface area contributed by atoms with Crippen LogP contribution < -0.4 is 5.32 Å². The van der Waals surface area contributed by atoms with Crippen molar-refractivity contribution in [2.75, 3.05) is 13.1 Å². The molecule has 1 fully saturated rings. The van der Waals surface area contributed by atoms with Crippen molar-refractivity contribution in [3.63, 3.8) is 0 Å². The van der Waals surface area contributed by atoms with Gasteiger partial charge in [-0.05, 0) is 50.4 Å². The van der Waals surface area contributed by atoms with E-state index < -0.39 is 0 Å². The normalized spacial score (nSPS) is 17.4. The third-order valence-electron chi connectivity index (χ3n) is 3.76. The van der Waals surface area contributed by atoms with Gasteiger partial charge in [-0.1, -0.05) is 6.07 Å². The highest BCUT2D eigenvalue weighted by atomic mass is 19.1. The van der Waals surface area contributed by atoms with Gasteiger partial charge in [0.2, 0.25) is 0 Å². The number of para-hydroxylation sites is 1. The third-order valence-corrected chi connectivity index (χ3v) is 3.76. The maximum atomic E-state index is 13.5. The molecule has 1 aromatic carbocycles. The van der Waals surface area contributed by atoms with E-state index in [4.69, 9.17) is 0 Å². The highest BCUT2D eigenvalue weighted by Crippen LogP contribution is 2.20. The summed E-state index contributed by atoms with van der Waals surface area (Å²) in [5.74, 6) is 1.45. The minimum Gasteiger partial charge on any atom is -0.342 e. The fourth-order valence-corrected chi connectivity index (χ4v) is 2.68. The van der Waals surface area contributed by atoms with Gasteiger partial charge in [0, 0.05) is 6.42 Å². The fourth-order valence-electron chi connectivity index (χ4n) is 2.68. The molecule has 0 atom stereocenters. The molecule has 0 amide bonds. The molecule has 2 aromatic rings. The monoisotopic (exact) mass is 247 g/mol. The average molecular weight is 247 g/mol. The molecule has 18 heavy (non-hydrogen) atoms. The van der Waals surface area contributed by atoms with Crippen LogP contribution in [-0.4, -0.2) is 23.1 Å². The molecule has 2 heterocycles. The average Bonchev–Trinajstić information content (AvgIpc) is 2.82. The fraction of sp³-hybridized carbons (Fsp3) is 0.500. The lowest BCUT2D eigenvalue weighted by atomic mass is 9.93. The molecule has 96 valence electrons. The highest BCUT2D eigenvalue weighted by molar-refractivity contribution is 5.75. The largest absolute Gasteiger partial charge is 0.342 e. The number of piperidine rings is 1. The number of aromatic nitrogens is 2. The van der Waals surface area contributed by atoms with E-state index in [1.54, 1.807) is 6.07 Å². The summed E-state index contributed by atoms with van der Waals surface area (Å²) in [5.41, 5.74) is 1.27. The Morgan fingerprint density at radius 3 is 2.89 bits per heavy atom. The van der Waals surface area contributed by atoms with E-state index in [2.05, 4.69) is 15.3 Å². The molecule has 1 aromatic heterocycles. The zero-order chi connectivity index (χ0) is 12.4. The number of fused-ring (bicyclic) bond motifs is 1. The smallest absolute Gasteiger partial charge is 0.151 e. The number of aromatic amines is 1. The van der Waals surface area contributed by atoms with Crippen LogP contribution in [0.5, 0.6) is 0 Å². The molecule has 3 nitrogen and oxygen atoms in total. The maximum Gasteiger partial charge on any atom is 0.151 e. The number of rotatable bonds is 3. The van der Waals surface area contributed by atoms with Gasteiger partial charge in [0.1, 0.15) is 11.3 Å². The van der Waals surface area contributed by atoms with Gasteiger partial charge in [0.05, 0.1) is 5.52 Å². The number of benzene rings is 1. The van der Waals surface area contributed by atoms with Crippen LogP contribution in [0.4, 0.5) is 4.39 Å². The van der Waals surface area contributed by atoms with Gasteiger partial charge in [0.25, 0.3) is 0 Å². The molecule has 1 aliphatic rings. The van der Waals surface area contributed by atoms with Crippen molar-refractivity contribution >= 4 is 11.0 Å². The Bertz CT molecular complexity index is 529. The number of hydrogen-bond acceptors (Lipinski definition) is 2. The predicted octanol–water partition coefficient (Wildman–Crippen LogP) is 2.63. The van der Waals surface area contributed by atoms with Crippen LogP contribution in [0, 0.1) is 11.7 Å². The Kier molecular flexibility index (Phi) is 3.28. The lowest BCUT2D eigenvalue weighted by molar-refractivity contribution is 0.352. The summed E-state index contributed by atoms with van der Waals surface area (Å²) in [6.07, 6.45) is 4.55. The number of aryl methyl sites for hydroxylation is 1. The van der Waals surface area contributed by atoms with E-state index in [1.807, 2.05) is 6.07 Å². The first kappa shape index (κ1) is 11.7. The van der Waals surface area contributed by atoms with Gasteiger partial charge in [-0.25, -0.2) is 9.37 Å². The number of halogens is 1. The molecule has 0 radical (unpaired) electrons. The summed E-state index contributed by atoms with van der Waals surface area (Å²) in [6.45, 7) is 2.25. The first-order valence-corrected chi connectivity index (χ1v) is 6.67. The Hall–Kier alpha value is -1.42. The molecular weight excluding hydrogens is 229 g/mol. The van der Waals surface area contributed by atoms with Crippen molar-refractivity contribution in [2.45, 2.75) is 25.7 Å². The van der Waals surface area contributed by atoms with Crippen LogP contribution in [-0.2, 0) is 6.42 Å². The number of nitrogens with zero attached hydrogens (tertiary/aromatic N) is 1. The molecule has 1 aliphatic heterocycles. The van der Waals surface area contributed by atoms with Gasteiger partial charge < -0.3 is 10.3 Å². The van der Waals surface area contributed by atoms with Crippen LogP contribution >= 0.6 is 0 Å². The van der Waals surface area contributed by atoms with Crippen LogP contribution in [0.1, 0.15) is 25.1 Å².